The molecule has 0 spiro atoms. The summed E-state index contributed by atoms with van der Waals surface area (Å²) in [7, 11) is 2.21. The summed E-state index contributed by atoms with van der Waals surface area (Å²) in [6.07, 6.45) is 3.74. The number of hydrogen-bond donors (Lipinski definition) is 2. The molecule has 4 heteroatoms. The van der Waals surface area contributed by atoms with Crippen molar-refractivity contribution in [1.29, 1.82) is 0 Å². The number of aromatic nitrogens is 2. The molecule has 0 bridgehead atoms. The van der Waals surface area contributed by atoms with Crippen LogP contribution in [-0.4, -0.2) is 35.2 Å². The van der Waals surface area contributed by atoms with Gasteiger partial charge in [0.25, 0.3) is 0 Å². The zero-order chi connectivity index (χ0) is 13.9. The average Bonchev–Trinajstić information content (AvgIpc) is 2.77. The maximum absolute atomic E-state index is 5.74. The number of anilines is 1. The van der Waals surface area contributed by atoms with E-state index in [-0.39, 0.29) is 0 Å². The van der Waals surface area contributed by atoms with E-state index in [0.29, 0.717) is 11.7 Å². The smallest absolute Gasteiger partial charge is 0.145 e. The number of aromatic amines is 1. The molecule has 1 aromatic carbocycles. The predicted octanol–water partition coefficient (Wildman–Crippen LogP) is 2.86. The minimum Gasteiger partial charge on any atom is -0.382 e. The maximum Gasteiger partial charge on any atom is 0.145 e. The van der Waals surface area contributed by atoms with Crippen molar-refractivity contribution in [2.75, 3.05) is 25.9 Å². The molecule has 20 heavy (non-hydrogen) atoms. The van der Waals surface area contributed by atoms with Crippen LogP contribution >= 0.6 is 0 Å². The number of nitrogens with one attached hydrogen (secondary N) is 1. The Labute approximate surface area is 120 Å². The summed E-state index contributed by atoms with van der Waals surface area (Å²) in [5.41, 5.74) is 9.43. The van der Waals surface area contributed by atoms with Gasteiger partial charge in [0.05, 0.1) is 5.69 Å². The van der Waals surface area contributed by atoms with E-state index in [9.17, 15) is 0 Å². The quantitative estimate of drug-likeness (QED) is 0.882. The van der Waals surface area contributed by atoms with Crippen LogP contribution in [0, 0.1) is 0 Å². The Bertz CT molecular complexity index is 575. The summed E-state index contributed by atoms with van der Waals surface area (Å²) in [5, 5.41) is 7.09. The number of H-pyrrole nitrogens is 1. The minimum absolute atomic E-state index is 0.551. The molecule has 1 fully saturated rings. The van der Waals surface area contributed by atoms with E-state index in [4.69, 9.17) is 5.73 Å². The molecule has 0 aliphatic carbocycles. The minimum atomic E-state index is 0.551. The fourth-order valence-corrected chi connectivity index (χ4v) is 3.12. The third-order valence-corrected chi connectivity index (χ3v) is 4.24. The molecule has 0 saturated carbocycles. The molecule has 0 amide bonds. The van der Waals surface area contributed by atoms with E-state index >= 15 is 0 Å². The Kier molecular flexibility index (Phi) is 3.74. The van der Waals surface area contributed by atoms with Crippen LogP contribution in [0.25, 0.3) is 11.3 Å². The summed E-state index contributed by atoms with van der Waals surface area (Å²) in [5.74, 6) is 1.18. The Morgan fingerprint density at radius 2 is 2.10 bits per heavy atom. The van der Waals surface area contributed by atoms with Crippen molar-refractivity contribution in [2.24, 2.45) is 0 Å². The number of hydrogen-bond acceptors (Lipinski definition) is 3. The first-order valence-electron chi connectivity index (χ1n) is 7.33. The predicted molar refractivity (Wildman–Crippen MR) is 82.5 cm³/mol. The highest BCUT2D eigenvalue weighted by Crippen LogP contribution is 2.34. The summed E-state index contributed by atoms with van der Waals surface area (Å²) in [4.78, 5) is 2.43. The van der Waals surface area contributed by atoms with Crippen LogP contribution in [0.15, 0.2) is 30.3 Å². The second kappa shape index (κ2) is 5.67. The highest BCUT2D eigenvalue weighted by molar-refractivity contribution is 5.66. The van der Waals surface area contributed by atoms with Crippen LogP contribution in [-0.2, 0) is 0 Å². The van der Waals surface area contributed by atoms with Crippen molar-refractivity contribution in [3.63, 3.8) is 0 Å². The first kappa shape index (κ1) is 13.2. The lowest BCUT2D eigenvalue weighted by Crippen LogP contribution is -2.18. The first-order valence-corrected chi connectivity index (χ1v) is 7.33. The van der Waals surface area contributed by atoms with Crippen LogP contribution in [0.5, 0.6) is 0 Å². The van der Waals surface area contributed by atoms with Gasteiger partial charge in [0.1, 0.15) is 5.82 Å². The SMILES string of the molecule is CN1CCCC(c2ccccc2-c2cc(N)n[nH]2)CC1. The van der Waals surface area contributed by atoms with Crippen LogP contribution < -0.4 is 5.73 Å². The van der Waals surface area contributed by atoms with Gasteiger partial charge >= 0.3 is 0 Å². The Hall–Kier alpha value is -1.81. The van der Waals surface area contributed by atoms with Crippen molar-refractivity contribution >= 4 is 5.82 Å². The van der Waals surface area contributed by atoms with Crippen LogP contribution in [0.4, 0.5) is 5.82 Å². The summed E-state index contributed by atoms with van der Waals surface area (Å²) in [6.45, 7) is 2.37. The van der Waals surface area contributed by atoms with E-state index < -0.39 is 0 Å². The van der Waals surface area contributed by atoms with E-state index in [1.165, 1.54) is 43.5 Å². The molecule has 1 unspecified atom stereocenters. The van der Waals surface area contributed by atoms with Crippen molar-refractivity contribution in [3.8, 4) is 11.3 Å². The number of nitrogens with zero attached hydrogens (tertiary/aromatic N) is 2. The van der Waals surface area contributed by atoms with Gasteiger partial charge in [-0.3, -0.25) is 5.10 Å². The van der Waals surface area contributed by atoms with Gasteiger partial charge in [0, 0.05) is 11.6 Å². The van der Waals surface area contributed by atoms with E-state index in [1.54, 1.807) is 0 Å². The van der Waals surface area contributed by atoms with Crippen molar-refractivity contribution < 1.29 is 0 Å². The Morgan fingerprint density at radius 1 is 1.25 bits per heavy atom. The van der Waals surface area contributed by atoms with Crippen molar-refractivity contribution in [3.05, 3.63) is 35.9 Å². The standard InChI is InChI=1S/C16H22N4/c1-20-9-4-5-12(8-10-20)13-6-2-3-7-14(13)15-11-16(17)19-18-15/h2-3,6-7,11-12H,4-5,8-10H2,1H3,(H3,17,18,19). The fourth-order valence-electron chi connectivity index (χ4n) is 3.12. The molecule has 2 aromatic rings. The third-order valence-electron chi connectivity index (χ3n) is 4.24. The van der Waals surface area contributed by atoms with E-state index in [0.717, 1.165) is 5.69 Å². The molecule has 1 saturated heterocycles. The highest BCUT2D eigenvalue weighted by Gasteiger charge is 2.20. The van der Waals surface area contributed by atoms with E-state index in [1.807, 2.05) is 6.07 Å². The number of rotatable bonds is 2. The second-order valence-electron chi connectivity index (χ2n) is 5.72. The second-order valence-corrected chi connectivity index (χ2v) is 5.72. The molecule has 1 aromatic heterocycles. The van der Waals surface area contributed by atoms with Crippen LogP contribution in [0.1, 0.15) is 30.7 Å². The molecule has 4 nitrogen and oxygen atoms in total. The van der Waals surface area contributed by atoms with Gasteiger partial charge in [-0.2, -0.15) is 5.10 Å². The zero-order valence-corrected chi connectivity index (χ0v) is 12.0. The largest absolute Gasteiger partial charge is 0.382 e. The van der Waals surface area contributed by atoms with Gasteiger partial charge in [-0.25, -0.2) is 0 Å². The van der Waals surface area contributed by atoms with Gasteiger partial charge in [-0.15, -0.1) is 0 Å². The zero-order valence-electron chi connectivity index (χ0n) is 12.0. The lowest BCUT2D eigenvalue weighted by atomic mass is 9.87. The fraction of sp³-hybridized carbons (Fsp3) is 0.438. The van der Waals surface area contributed by atoms with Gasteiger partial charge in [0.15, 0.2) is 0 Å². The molecule has 2 heterocycles. The number of benzene rings is 1. The molecular weight excluding hydrogens is 248 g/mol. The van der Waals surface area contributed by atoms with Gasteiger partial charge in [-0.1, -0.05) is 24.3 Å². The van der Waals surface area contributed by atoms with Crippen molar-refractivity contribution in [2.45, 2.75) is 25.2 Å². The Balaban J connectivity index is 1.93. The van der Waals surface area contributed by atoms with Crippen molar-refractivity contribution in [1.82, 2.24) is 15.1 Å². The molecular formula is C16H22N4. The first-order chi connectivity index (χ1) is 9.74. The molecule has 106 valence electrons. The molecule has 1 aliphatic rings. The lowest BCUT2D eigenvalue weighted by Gasteiger charge is -2.18. The number of likely N-dealkylation sites (tertiary alicyclic amines) is 1. The third kappa shape index (κ3) is 2.70. The highest BCUT2D eigenvalue weighted by atomic mass is 15.2. The Morgan fingerprint density at radius 3 is 2.90 bits per heavy atom. The topological polar surface area (TPSA) is 57.9 Å². The molecule has 3 N–H and O–H groups in total. The normalized spacial score (nSPS) is 20.8. The van der Waals surface area contributed by atoms with Gasteiger partial charge < -0.3 is 10.6 Å². The maximum atomic E-state index is 5.74. The van der Waals surface area contributed by atoms with E-state index in [2.05, 4.69) is 46.4 Å². The summed E-state index contributed by atoms with van der Waals surface area (Å²) in [6, 6.07) is 10.5. The average molecular weight is 270 g/mol. The van der Waals surface area contributed by atoms with Crippen LogP contribution in [0.3, 0.4) is 0 Å². The number of nitrogen functional groups attached to an aromatic ring is 1. The van der Waals surface area contributed by atoms with Crippen LogP contribution in [0.2, 0.25) is 0 Å². The van der Waals surface area contributed by atoms with Gasteiger partial charge in [0.2, 0.25) is 0 Å². The van der Waals surface area contributed by atoms with Gasteiger partial charge in [-0.05, 0) is 50.9 Å². The summed E-state index contributed by atoms with van der Waals surface area (Å²) >= 11 is 0. The summed E-state index contributed by atoms with van der Waals surface area (Å²) < 4.78 is 0. The monoisotopic (exact) mass is 270 g/mol. The molecule has 1 aliphatic heterocycles. The number of nitrogens with two attached hydrogens (primary N) is 1. The molecule has 0 radical (unpaired) electrons. The lowest BCUT2D eigenvalue weighted by molar-refractivity contribution is 0.347. The molecule has 3 rings (SSSR count). The molecule has 1 atom stereocenters.